The second-order valence-corrected chi connectivity index (χ2v) is 5.82. The number of piperazine rings is 1. The van der Waals surface area contributed by atoms with Crippen LogP contribution in [0.15, 0.2) is 18.2 Å². The van der Waals surface area contributed by atoms with Crippen molar-refractivity contribution in [1.82, 2.24) is 9.80 Å². The number of nitro groups is 1. The second kappa shape index (κ2) is 7.93. The lowest BCUT2D eigenvalue weighted by Gasteiger charge is -2.34. The Labute approximate surface area is 148 Å². The molecule has 0 aliphatic carbocycles. The highest BCUT2D eigenvalue weighted by atomic mass is 35.5. The van der Waals surface area contributed by atoms with Crippen molar-refractivity contribution in [3.8, 4) is 0 Å². The Morgan fingerprint density at radius 2 is 1.80 bits per heavy atom. The van der Waals surface area contributed by atoms with E-state index in [1.54, 1.807) is 4.90 Å². The van der Waals surface area contributed by atoms with E-state index in [9.17, 15) is 24.5 Å². The molecule has 0 spiro atoms. The maximum atomic E-state index is 12.1. The van der Waals surface area contributed by atoms with E-state index in [0.717, 1.165) is 6.07 Å². The maximum Gasteiger partial charge on any atom is 0.345 e. The summed E-state index contributed by atoms with van der Waals surface area (Å²) in [4.78, 5) is 48.7. The molecule has 9 nitrogen and oxygen atoms in total. The monoisotopic (exact) mass is 369 g/mol. The Balaban J connectivity index is 1.93. The number of rotatable bonds is 4. The summed E-state index contributed by atoms with van der Waals surface area (Å²) in [5, 5.41) is 11.1. The first-order valence-corrected chi connectivity index (χ1v) is 7.81. The summed E-state index contributed by atoms with van der Waals surface area (Å²) in [5.74, 6) is -1.46. The summed E-state index contributed by atoms with van der Waals surface area (Å²) >= 11 is 5.68. The molecular formula is C15H16ClN3O6. The largest absolute Gasteiger partial charge is 0.452 e. The van der Waals surface area contributed by atoms with Crippen LogP contribution in [0.5, 0.6) is 0 Å². The minimum atomic E-state index is -0.973. The summed E-state index contributed by atoms with van der Waals surface area (Å²) in [6.45, 7) is 2.44. The van der Waals surface area contributed by atoms with E-state index in [1.165, 1.54) is 24.0 Å². The molecule has 1 aliphatic rings. The average molecular weight is 370 g/mol. The van der Waals surface area contributed by atoms with Crippen molar-refractivity contribution in [3.63, 3.8) is 0 Å². The maximum absolute atomic E-state index is 12.1. The Hall–Kier alpha value is -2.68. The summed E-state index contributed by atoms with van der Waals surface area (Å²) in [5.41, 5.74) is -0.761. The average Bonchev–Trinajstić information content (AvgIpc) is 2.59. The SMILES string of the molecule is CC(=O)N1CCN(C(=O)COC(=O)c2ccc(Cl)cc2[N+](=O)[O-])CC1. The molecule has 10 heteroatoms. The first-order valence-electron chi connectivity index (χ1n) is 7.44. The van der Waals surface area contributed by atoms with Crippen LogP contribution in [-0.4, -0.2) is 65.3 Å². The predicted octanol–water partition coefficient (Wildman–Crippen LogP) is 1.10. The first kappa shape index (κ1) is 18.7. The fraction of sp³-hybridized carbons (Fsp3) is 0.400. The van der Waals surface area contributed by atoms with Crippen LogP contribution in [0.1, 0.15) is 17.3 Å². The molecule has 1 aliphatic heterocycles. The highest BCUT2D eigenvalue weighted by Gasteiger charge is 2.25. The standard InChI is InChI=1S/C15H16ClN3O6/c1-10(20)17-4-6-18(7-5-17)14(21)9-25-15(22)12-3-2-11(16)8-13(12)19(23)24/h2-3,8H,4-7,9H2,1H3. The number of nitrogens with zero attached hydrogens (tertiary/aromatic N) is 3. The van der Waals surface area contributed by atoms with Crippen molar-refractivity contribution in [2.75, 3.05) is 32.8 Å². The summed E-state index contributed by atoms with van der Waals surface area (Å²) in [6, 6.07) is 3.55. The van der Waals surface area contributed by atoms with Crippen molar-refractivity contribution >= 4 is 35.1 Å². The van der Waals surface area contributed by atoms with Gasteiger partial charge >= 0.3 is 5.97 Å². The van der Waals surface area contributed by atoms with Crippen LogP contribution >= 0.6 is 11.6 Å². The number of ether oxygens (including phenoxy) is 1. The minimum absolute atomic E-state index is 0.0615. The topological polar surface area (TPSA) is 110 Å². The fourth-order valence-electron chi connectivity index (χ4n) is 2.40. The van der Waals surface area contributed by atoms with E-state index < -0.39 is 29.1 Å². The number of hydrogen-bond donors (Lipinski definition) is 0. The van der Waals surface area contributed by atoms with Crippen LogP contribution in [0.25, 0.3) is 0 Å². The zero-order valence-electron chi connectivity index (χ0n) is 13.4. The van der Waals surface area contributed by atoms with Gasteiger partial charge in [-0.05, 0) is 12.1 Å². The van der Waals surface area contributed by atoms with Crippen LogP contribution in [0.4, 0.5) is 5.69 Å². The number of amides is 2. The lowest BCUT2D eigenvalue weighted by atomic mass is 10.2. The Bertz CT molecular complexity index is 715. The molecule has 2 rings (SSSR count). The molecule has 0 saturated carbocycles. The third-order valence-corrected chi connectivity index (χ3v) is 4.02. The number of hydrogen-bond acceptors (Lipinski definition) is 6. The molecule has 0 aromatic heterocycles. The molecule has 0 N–H and O–H groups in total. The molecule has 1 aromatic carbocycles. The third-order valence-electron chi connectivity index (χ3n) is 3.78. The number of benzene rings is 1. The van der Waals surface area contributed by atoms with E-state index in [2.05, 4.69) is 0 Å². The van der Waals surface area contributed by atoms with Gasteiger partial charge in [0.1, 0.15) is 5.56 Å². The molecule has 1 heterocycles. The number of carbonyl (C=O) groups is 3. The van der Waals surface area contributed by atoms with Crippen LogP contribution in [-0.2, 0) is 14.3 Å². The zero-order valence-corrected chi connectivity index (χ0v) is 14.2. The van der Waals surface area contributed by atoms with Gasteiger partial charge in [0, 0.05) is 44.2 Å². The van der Waals surface area contributed by atoms with Crippen molar-refractivity contribution in [2.45, 2.75) is 6.92 Å². The Morgan fingerprint density at radius 3 is 2.36 bits per heavy atom. The van der Waals surface area contributed by atoms with Crippen molar-refractivity contribution in [1.29, 1.82) is 0 Å². The fourth-order valence-corrected chi connectivity index (χ4v) is 2.56. The predicted molar refractivity (Wildman–Crippen MR) is 87.2 cm³/mol. The molecule has 1 fully saturated rings. The molecule has 1 saturated heterocycles. The number of carbonyl (C=O) groups excluding carboxylic acids is 3. The summed E-state index contributed by atoms with van der Waals surface area (Å²) in [7, 11) is 0. The van der Waals surface area contributed by atoms with Gasteiger partial charge in [-0.15, -0.1) is 0 Å². The van der Waals surface area contributed by atoms with Gasteiger partial charge in [0.2, 0.25) is 5.91 Å². The van der Waals surface area contributed by atoms with E-state index in [1.807, 2.05) is 0 Å². The molecule has 0 bridgehead atoms. The highest BCUT2D eigenvalue weighted by Crippen LogP contribution is 2.23. The van der Waals surface area contributed by atoms with Gasteiger partial charge in [-0.2, -0.15) is 0 Å². The van der Waals surface area contributed by atoms with Gasteiger partial charge in [-0.1, -0.05) is 11.6 Å². The van der Waals surface area contributed by atoms with Crippen molar-refractivity contribution < 1.29 is 24.0 Å². The van der Waals surface area contributed by atoms with Gasteiger partial charge in [0.05, 0.1) is 4.92 Å². The normalized spacial score (nSPS) is 14.2. The molecule has 0 radical (unpaired) electrons. The lowest BCUT2D eigenvalue weighted by molar-refractivity contribution is -0.385. The molecule has 0 atom stereocenters. The van der Waals surface area contributed by atoms with Crippen molar-refractivity contribution in [2.24, 2.45) is 0 Å². The number of halogens is 1. The molecule has 2 amide bonds. The van der Waals surface area contributed by atoms with Gasteiger partial charge in [0.25, 0.3) is 11.6 Å². The molecule has 0 unspecified atom stereocenters. The van der Waals surface area contributed by atoms with Gasteiger partial charge in [-0.3, -0.25) is 19.7 Å². The van der Waals surface area contributed by atoms with Crippen LogP contribution in [0, 0.1) is 10.1 Å². The smallest absolute Gasteiger partial charge is 0.345 e. The first-order chi connectivity index (χ1) is 11.8. The Kier molecular flexibility index (Phi) is 5.92. The second-order valence-electron chi connectivity index (χ2n) is 5.38. The zero-order chi connectivity index (χ0) is 18.6. The van der Waals surface area contributed by atoms with E-state index in [-0.39, 0.29) is 16.5 Å². The third kappa shape index (κ3) is 4.66. The van der Waals surface area contributed by atoms with Crippen molar-refractivity contribution in [3.05, 3.63) is 38.9 Å². The molecule has 134 valence electrons. The van der Waals surface area contributed by atoms with Gasteiger partial charge in [-0.25, -0.2) is 4.79 Å². The van der Waals surface area contributed by atoms with Crippen LogP contribution in [0.2, 0.25) is 5.02 Å². The van der Waals surface area contributed by atoms with E-state index in [0.29, 0.717) is 26.2 Å². The number of esters is 1. The molecule has 1 aromatic rings. The van der Waals surface area contributed by atoms with Gasteiger partial charge < -0.3 is 14.5 Å². The van der Waals surface area contributed by atoms with E-state index >= 15 is 0 Å². The molecule has 25 heavy (non-hydrogen) atoms. The summed E-state index contributed by atoms with van der Waals surface area (Å²) in [6.07, 6.45) is 0. The van der Waals surface area contributed by atoms with Crippen LogP contribution in [0.3, 0.4) is 0 Å². The number of nitro benzene ring substituents is 1. The van der Waals surface area contributed by atoms with Crippen LogP contribution < -0.4 is 0 Å². The molecular weight excluding hydrogens is 354 g/mol. The minimum Gasteiger partial charge on any atom is -0.452 e. The van der Waals surface area contributed by atoms with E-state index in [4.69, 9.17) is 16.3 Å². The quantitative estimate of drug-likeness (QED) is 0.446. The highest BCUT2D eigenvalue weighted by molar-refractivity contribution is 6.31. The Morgan fingerprint density at radius 1 is 1.20 bits per heavy atom. The summed E-state index contributed by atoms with van der Waals surface area (Å²) < 4.78 is 4.89. The van der Waals surface area contributed by atoms with Gasteiger partial charge in [0.15, 0.2) is 6.61 Å². The lowest BCUT2D eigenvalue weighted by Crippen LogP contribution is -2.51.